The summed E-state index contributed by atoms with van der Waals surface area (Å²) in [4.78, 5) is -0.0623. The molecule has 0 saturated carbocycles. The molecule has 4 nitrogen and oxygen atoms in total. The molecule has 0 aliphatic heterocycles. The Bertz CT molecular complexity index is 787. The first-order valence-corrected chi connectivity index (χ1v) is 8.81. The number of anilines is 2. The topological polar surface area (TPSA) is 72.2 Å². The van der Waals surface area contributed by atoms with Gasteiger partial charge >= 0.3 is 0 Å². The van der Waals surface area contributed by atoms with Gasteiger partial charge in [0.25, 0.3) is 10.0 Å². The SMILES string of the molecule is Cc1cc(NS(=O)(=O)c2c(N)cc(Br)cc2Br)ccc1F. The van der Waals surface area contributed by atoms with Gasteiger partial charge in [-0.05, 0) is 58.7 Å². The molecule has 112 valence electrons. The van der Waals surface area contributed by atoms with Gasteiger partial charge in [-0.2, -0.15) is 0 Å². The second-order valence-corrected chi connectivity index (χ2v) is 7.76. The maximum absolute atomic E-state index is 13.2. The summed E-state index contributed by atoms with van der Waals surface area (Å²) in [7, 11) is -3.89. The van der Waals surface area contributed by atoms with E-state index in [1.807, 2.05) is 0 Å². The lowest BCUT2D eigenvalue weighted by atomic mass is 10.2. The normalized spacial score (nSPS) is 11.4. The Kier molecular flexibility index (Phi) is 4.60. The van der Waals surface area contributed by atoms with Crippen LogP contribution in [0.25, 0.3) is 0 Å². The molecule has 0 amide bonds. The first-order valence-electron chi connectivity index (χ1n) is 5.74. The van der Waals surface area contributed by atoms with Gasteiger partial charge in [-0.15, -0.1) is 0 Å². The van der Waals surface area contributed by atoms with Crippen molar-refractivity contribution >= 4 is 53.3 Å². The molecule has 0 unspecified atom stereocenters. The van der Waals surface area contributed by atoms with E-state index >= 15 is 0 Å². The lowest BCUT2D eigenvalue weighted by molar-refractivity contribution is 0.600. The van der Waals surface area contributed by atoms with Crippen molar-refractivity contribution in [3.63, 3.8) is 0 Å². The predicted molar refractivity (Wildman–Crippen MR) is 88.2 cm³/mol. The number of nitrogens with two attached hydrogens (primary N) is 1. The molecule has 0 radical (unpaired) electrons. The molecule has 2 rings (SSSR count). The van der Waals surface area contributed by atoms with Crippen LogP contribution < -0.4 is 10.5 Å². The van der Waals surface area contributed by atoms with Gasteiger partial charge in [0.15, 0.2) is 0 Å². The second-order valence-electron chi connectivity index (χ2n) is 4.38. The minimum absolute atomic E-state index is 0.0623. The van der Waals surface area contributed by atoms with E-state index in [0.717, 1.165) is 0 Å². The van der Waals surface area contributed by atoms with Crippen molar-refractivity contribution in [2.75, 3.05) is 10.5 Å². The summed E-state index contributed by atoms with van der Waals surface area (Å²) in [5.41, 5.74) is 6.49. The molecule has 2 aromatic carbocycles. The van der Waals surface area contributed by atoms with E-state index in [-0.39, 0.29) is 16.3 Å². The Labute approximate surface area is 138 Å². The van der Waals surface area contributed by atoms with Crippen molar-refractivity contribution < 1.29 is 12.8 Å². The molecule has 0 aliphatic carbocycles. The average Bonchev–Trinajstić information content (AvgIpc) is 2.31. The summed E-state index contributed by atoms with van der Waals surface area (Å²) < 4.78 is 41.4. The lowest BCUT2D eigenvalue weighted by Crippen LogP contribution is -2.15. The Hall–Kier alpha value is -1.12. The smallest absolute Gasteiger partial charge is 0.265 e. The molecule has 3 N–H and O–H groups in total. The van der Waals surface area contributed by atoms with E-state index in [0.29, 0.717) is 14.5 Å². The number of hydrogen-bond acceptors (Lipinski definition) is 3. The number of nitrogen functional groups attached to an aromatic ring is 1. The predicted octanol–water partition coefficient (Wildman–Crippen LogP) is 4.04. The maximum Gasteiger partial charge on any atom is 0.265 e. The molecule has 0 bridgehead atoms. The molecular formula is C13H11Br2FN2O2S. The van der Waals surface area contributed by atoms with Crippen LogP contribution in [-0.2, 0) is 10.0 Å². The number of aryl methyl sites for hydroxylation is 1. The van der Waals surface area contributed by atoms with Crippen LogP contribution in [0.15, 0.2) is 44.2 Å². The summed E-state index contributed by atoms with van der Waals surface area (Å²) >= 11 is 6.42. The van der Waals surface area contributed by atoms with Gasteiger partial charge in [-0.25, -0.2) is 12.8 Å². The van der Waals surface area contributed by atoms with Gasteiger partial charge < -0.3 is 5.73 Å². The highest BCUT2D eigenvalue weighted by atomic mass is 79.9. The van der Waals surface area contributed by atoms with Crippen LogP contribution in [0, 0.1) is 12.7 Å². The van der Waals surface area contributed by atoms with Crippen molar-refractivity contribution in [3.8, 4) is 0 Å². The average molecular weight is 438 g/mol. The van der Waals surface area contributed by atoms with Gasteiger partial charge in [0.05, 0.1) is 5.69 Å². The summed E-state index contributed by atoms with van der Waals surface area (Å²) in [6, 6.07) is 7.04. The standard InChI is InChI=1S/C13H11Br2FN2O2S/c1-7-4-9(2-3-11(7)16)18-21(19,20)13-10(15)5-8(14)6-12(13)17/h2-6,18H,17H2,1H3. The van der Waals surface area contributed by atoms with Crippen molar-refractivity contribution in [3.05, 3.63) is 50.7 Å². The summed E-state index contributed by atoms with van der Waals surface area (Å²) in [6.07, 6.45) is 0. The van der Waals surface area contributed by atoms with E-state index < -0.39 is 15.8 Å². The molecule has 0 heterocycles. The monoisotopic (exact) mass is 436 g/mol. The zero-order valence-electron chi connectivity index (χ0n) is 10.8. The van der Waals surface area contributed by atoms with Crippen LogP contribution >= 0.6 is 31.9 Å². The Balaban J connectivity index is 2.46. The van der Waals surface area contributed by atoms with Crippen LogP contribution in [0.5, 0.6) is 0 Å². The number of nitrogens with one attached hydrogen (secondary N) is 1. The van der Waals surface area contributed by atoms with E-state index in [2.05, 4.69) is 36.6 Å². The molecule has 2 aromatic rings. The Morgan fingerprint density at radius 2 is 1.86 bits per heavy atom. The van der Waals surface area contributed by atoms with Gasteiger partial charge in [0, 0.05) is 14.6 Å². The van der Waals surface area contributed by atoms with Gasteiger partial charge in [-0.1, -0.05) is 15.9 Å². The largest absolute Gasteiger partial charge is 0.398 e. The molecule has 0 saturated heterocycles. The first kappa shape index (κ1) is 16.3. The van der Waals surface area contributed by atoms with Crippen LogP contribution in [-0.4, -0.2) is 8.42 Å². The molecule has 0 atom stereocenters. The number of rotatable bonds is 3. The summed E-state index contributed by atoms with van der Waals surface area (Å²) in [5.74, 6) is -0.401. The van der Waals surface area contributed by atoms with E-state index in [9.17, 15) is 12.8 Å². The fourth-order valence-corrected chi connectivity index (χ4v) is 4.90. The van der Waals surface area contributed by atoms with Crippen LogP contribution in [0.4, 0.5) is 15.8 Å². The zero-order valence-corrected chi connectivity index (χ0v) is 14.8. The molecule has 0 aromatic heterocycles. The minimum Gasteiger partial charge on any atom is -0.398 e. The number of halogens is 3. The molecule has 0 fully saturated rings. The fraction of sp³-hybridized carbons (Fsp3) is 0.0769. The molecular weight excluding hydrogens is 427 g/mol. The second kappa shape index (κ2) is 5.94. The van der Waals surface area contributed by atoms with Gasteiger partial charge in [-0.3, -0.25) is 4.72 Å². The van der Waals surface area contributed by atoms with Crippen LogP contribution in [0.1, 0.15) is 5.56 Å². The van der Waals surface area contributed by atoms with E-state index in [1.165, 1.54) is 24.3 Å². The molecule has 0 aliphatic rings. The highest BCUT2D eigenvalue weighted by Crippen LogP contribution is 2.32. The highest BCUT2D eigenvalue weighted by molar-refractivity contribution is 9.11. The van der Waals surface area contributed by atoms with Gasteiger partial charge in [0.2, 0.25) is 0 Å². The quantitative estimate of drug-likeness (QED) is 0.711. The maximum atomic E-state index is 13.2. The van der Waals surface area contributed by atoms with Crippen molar-refractivity contribution in [1.82, 2.24) is 0 Å². The Morgan fingerprint density at radius 1 is 1.19 bits per heavy atom. The van der Waals surface area contributed by atoms with Crippen molar-refractivity contribution in [2.45, 2.75) is 11.8 Å². The molecule has 21 heavy (non-hydrogen) atoms. The molecule has 8 heteroatoms. The van der Waals surface area contributed by atoms with Crippen LogP contribution in [0.2, 0.25) is 0 Å². The number of sulfonamides is 1. The number of hydrogen-bond donors (Lipinski definition) is 2. The Morgan fingerprint density at radius 3 is 2.43 bits per heavy atom. The summed E-state index contributed by atoms with van der Waals surface area (Å²) in [6.45, 7) is 1.55. The van der Waals surface area contributed by atoms with E-state index in [4.69, 9.17) is 5.73 Å². The fourth-order valence-electron chi connectivity index (χ4n) is 1.78. The van der Waals surface area contributed by atoms with E-state index in [1.54, 1.807) is 13.0 Å². The zero-order chi connectivity index (χ0) is 15.8. The van der Waals surface area contributed by atoms with Crippen LogP contribution in [0.3, 0.4) is 0 Å². The third kappa shape index (κ3) is 3.56. The summed E-state index contributed by atoms with van der Waals surface area (Å²) in [5, 5.41) is 0. The minimum atomic E-state index is -3.89. The van der Waals surface area contributed by atoms with Gasteiger partial charge in [0.1, 0.15) is 10.7 Å². The highest BCUT2D eigenvalue weighted by Gasteiger charge is 2.22. The molecule has 0 spiro atoms. The first-order chi connectivity index (χ1) is 9.70. The third-order valence-electron chi connectivity index (χ3n) is 2.72. The number of benzene rings is 2. The van der Waals surface area contributed by atoms with Crippen molar-refractivity contribution in [1.29, 1.82) is 0 Å². The lowest BCUT2D eigenvalue weighted by Gasteiger charge is -2.13. The third-order valence-corrected chi connectivity index (χ3v) is 5.56. The van der Waals surface area contributed by atoms with Crippen molar-refractivity contribution in [2.24, 2.45) is 0 Å².